The molecule has 0 bridgehead atoms. The summed E-state index contributed by atoms with van der Waals surface area (Å²) >= 11 is 0. The molecule has 0 atom stereocenters. The molecule has 0 saturated carbocycles. The molecule has 4 rings (SSSR count). The van der Waals surface area contributed by atoms with Gasteiger partial charge in [-0.15, -0.1) is 15.3 Å². The topological polar surface area (TPSA) is 116 Å². The number of aromatic nitrogens is 3. The zero-order valence-corrected chi connectivity index (χ0v) is 12.4. The van der Waals surface area contributed by atoms with Gasteiger partial charge in [0.25, 0.3) is 0 Å². The second-order valence-corrected chi connectivity index (χ2v) is 5.20. The number of aromatic amines is 1. The summed E-state index contributed by atoms with van der Waals surface area (Å²) in [5.41, 5.74) is 9.54. The maximum atomic E-state index is 9.23. The molecular formula is C17H11N7. The number of benzene rings is 3. The van der Waals surface area contributed by atoms with Gasteiger partial charge < -0.3 is 5.73 Å². The molecule has 3 aromatic carbocycles. The van der Waals surface area contributed by atoms with Crippen molar-refractivity contribution in [1.82, 2.24) is 15.4 Å². The van der Waals surface area contributed by atoms with Crippen LogP contribution >= 0.6 is 0 Å². The first-order valence-electron chi connectivity index (χ1n) is 7.21. The maximum absolute atomic E-state index is 9.23. The van der Waals surface area contributed by atoms with Crippen LogP contribution in [0.15, 0.2) is 58.8 Å². The second kappa shape index (κ2) is 5.44. The van der Waals surface area contributed by atoms with Crippen molar-refractivity contribution in [1.29, 1.82) is 5.26 Å². The second-order valence-electron chi connectivity index (χ2n) is 5.20. The van der Waals surface area contributed by atoms with E-state index in [1.165, 1.54) is 0 Å². The molecule has 0 saturated heterocycles. The van der Waals surface area contributed by atoms with E-state index < -0.39 is 0 Å². The van der Waals surface area contributed by atoms with Gasteiger partial charge in [-0.1, -0.05) is 29.5 Å². The number of rotatable bonds is 2. The van der Waals surface area contributed by atoms with Crippen molar-refractivity contribution in [3.05, 3.63) is 54.1 Å². The van der Waals surface area contributed by atoms with Gasteiger partial charge in [0.15, 0.2) is 0 Å². The predicted molar refractivity (Wildman–Crippen MR) is 91.1 cm³/mol. The lowest BCUT2D eigenvalue weighted by molar-refractivity contribution is 0.959. The molecule has 7 heteroatoms. The highest BCUT2D eigenvalue weighted by Gasteiger charge is 2.09. The Bertz CT molecular complexity index is 1130. The fourth-order valence-electron chi connectivity index (χ4n) is 2.60. The number of anilines is 1. The molecular weight excluding hydrogens is 302 g/mol. The number of nitriles is 1. The van der Waals surface area contributed by atoms with E-state index in [0.717, 1.165) is 10.8 Å². The molecule has 7 nitrogen and oxygen atoms in total. The first kappa shape index (κ1) is 13.8. The fourth-order valence-corrected chi connectivity index (χ4v) is 2.60. The van der Waals surface area contributed by atoms with E-state index >= 15 is 0 Å². The highest BCUT2D eigenvalue weighted by Crippen LogP contribution is 2.33. The maximum Gasteiger partial charge on any atom is 0.136 e. The zero-order valence-electron chi connectivity index (χ0n) is 12.4. The average molecular weight is 313 g/mol. The van der Waals surface area contributed by atoms with Crippen molar-refractivity contribution < 1.29 is 0 Å². The number of hydrogen-bond donors (Lipinski definition) is 2. The third kappa shape index (κ3) is 2.14. The Morgan fingerprint density at radius 1 is 1.00 bits per heavy atom. The van der Waals surface area contributed by atoms with Gasteiger partial charge in [-0.2, -0.15) is 5.26 Å². The van der Waals surface area contributed by atoms with E-state index in [2.05, 4.69) is 31.7 Å². The van der Waals surface area contributed by atoms with Gasteiger partial charge in [-0.25, -0.2) is 0 Å². The van der Waals surface area contributed by atoms with Gasteiger partial charge in [-0.05, 0) is 24.3 Å². The number of nitrogens with zero attached hydrogens (tertiary/aromatic N) is 5. The van der Waals surface area contributed by atoms with E-state index in [1.807, 2.05) is 24.3 Å². The summed E-state index contributed by atoms with van der Waals surface area (Å²) in [4.78, 5) is 0. The fraction of sp³-hybridized carbons (Fsp3) is 0. The molecule has 1 heterocycles. The van der Waals surface area contributed by atoms with Crippen LogP contribution in [-0.4, -0.2) is 15.4 Å². The summed E-state index contributed by atoms with van der Waals surface area (Å²) in [7, 11) is 0. The molecule has 0 amide bonds. The molecule has 114 valence electrons. The summed E-state index contributed by atoms with van der Waals surface area (Å²) in [6, 6.07) is 16.8. The number of fused-ring (bicyclic) bond motifs is 2. The first-order chi connectivity index (χ1) is 11.8. The highest BCUT2D eigenvalue weighted by atomic mass is 15.3. The van der Waals surface area contributed by atoms with Crippen LogP contribution in [0.5, 0.6) is 0 Å². The van der Waals surface area contributed by atoms with Crippen LogP contribution in [0.25, 0.3) is 21.8 Å². The summed E-state index contributed by atoms with van der Waals surface area (Å²) < 4.78 is 0. The van der Waals surface area contributed by atoms with Crippen molar-refractivity contribution in [2.75, 3.05) is 5.73 Å². The van der Waals surface area contributed by atoms with Gasteiger partial charge in [0.05, 0.1) is 23.0 Å². The van der Waals surface area contributed by atoms with Crippen LogP contribution in [-0.2, 0) is 0 Å². The normalized spacial score (nSPS) is 11.3. The standard InChI is InChI=1S/C17H11N7/c18-9-10-5-7-14(12-4-2-1-3-11(10)12)20-22-16-13(19)6-8-15-17(16)23-24-21-15/h1-8H,19H2,(H,21,23,24)/b22-20+. The Labute approximate surface area is 136 Å². The van der Waals surface area contributed by atoms with Crippen LogP contribution in [0.3, 0.4) is 0 Å². The van der Waals surface area contributed by atoms with E-state index in [9.17, 15) is 5.26 Å². The molecule has 4 aromatic rings. The van der Waals surface area contributed by atoms with Crippen molar-refractivity contribution in [3.63, 3.8) is 0 Å². The molecule has 0 spiro atoms. The van der Waals surface area contributed by atoms with Gasteiger partial charge in [0.1, 0.15) is 16.7 Å². The lowest BCUT2D eigenvalue weighted by Crippen LogP contribution is -1.86. The summed E-state index contributed by atoms with van der Waals surface area (Å²) in [6.07, 6.45) is 0. The van der Waals surface area contributed by atoms with E-state index in [4.69, 9.17) is 5.73 Å². The Hall–Kier alpha value is -3.79. The monoisotopic (exact) mass is 313 g/mol. The minimum absolute atomic E-state index is 0.482. The number of nitrogen functional groups attached to an aromatic ring is 1. The minimum atomic E-state index is 0.482. The third-order valence-corrected chi connectivity index (χ3v) is 3.79. The number of nitrogens with one attached hydrogen (secondary N) is 1. The summed E-state index contributed by atoms with van der Waals surface area (Å²) in [6.45, 7) is 0. The molecule has 0 radical (unpaired) electrons. The first-order valence-corrected chi connectivity index (χ1v) is 7.21. The van der Waals surface area contributed by atoms with E-state index in [1.54, 1.807) is 24.3 Å². The Morgan fingerprint density at radius 2 is 1.83 bits per heavy atom. The van der Waals surface area contributed by atoms with Gasteiger partial charge in [0.2, 0.25) is 0 Å². The van der Waals surface area contributed by atoms with Gasteiger partial charge in [0, 0.05) is 10.8 Å². The van der Waals surface area contributed by atoms with Crippen molar-refractivity contribution >= 4 is 38.9 Å². The SMILES string of the molecule is N#Cc1ccc(/N=N/c2c(N)ccc3nn[nH]c23)c2ccccc12. The third-order valence-electron chi connectivity index (χ3n) is 3.79. The molecule has 1 aromatic heterocycles. The smallest absolute Gasteiger partial charge is 0.136 e. The van der Waals surface area contributed by atoms with Crippen LogP contribution < -0.4 is 5.73 Å². The van der Waals surface area contributed by atoms with Crippen LogP contribution in [0.4, 0.5) is 17.1 Å². The number of nitrogens with two attached hydrogens (primary N) is 1. The van der Waals surface area contributed by atoms with Crippen molar-refractivity contribution in [3.8, 4) is 6.07 Å². The molecule has 3 N–H and O–H groups in total. The van der Waals surface area contributed by atoms with Crippen molar-refractivity contribution in [2.45, 2.75) is 0 Å². The Kier molecular flexibility index (Phi) is 3.14. The summed E-state index contributed by atoms with van der Waals surface area (Å²) in [5, 5.41) is 30.0. The zero-order chi connectivity index (χ0) is 16.5. The van der Waals surface area contributed by atoms with Gasteiger partial charge >= 0.3 is 0 Å². The molecule has 0 fully saturated rings. The number of azo groups is 1. The lowest BCUT2D eigenvalue weighted by atomic mass is 10.0. The van der Waals surface area contributed by atoms with Crippen LogP contribution in [0, 0.1) is 11.3 Å². The van der Waals surface area contributed by atoms with Crippen LogP contribution in [0.2, 0.25) is 0 Å². The predicted octanol–water partition coefficient (Wildman–Crippen LogP) is 3.98. The van der Waals surface area contributed by atoms with Crippen molar-refractivity contribution in [2.24, 2.45) is 10.2 Å². The number of H-pyrrole nitrogens is 1. The van der Waals surface area contributed by atoms with Gasteiger partial charge in [-0.3, -0.25) is 5.10 Å². The lowest BCUT2D eigenvalue weighted by Gasteiger charge is -2.03. The largest absolute Gasteiger partial charge is 0.397 e. The Balaban J connectivity index is 1.88. The Morgan fingerprint density at radius 3 is 2.67 bits per heavy atom. The molecule has 0 aliphatic rings. The van der Waals surface area contributed by atoms with Crippen LogP contribution in [0.1, 0.15) is 5.56 Å². The molecule has 0 unspecified atom stereocenters. The highest BCUT2D eigenvalue weighted by molar-refractivity contribution is 5.96. The quantitative estimate of drug-likeness (QED) is 0.430. The minimum Gasteiger partial charge on any atom is -0.397 e. The molecule has 24 heavy (non-hydrogen) atoms. The van der Waals surface area contributed by atoms with E-state index in [0.29, 0.717) is 33.7 Å². The molecule has 0 aliphatic heterocycles. The number of hydrogen-bond acceptors (Lipinski definition) is 6. The van der Waals surface area contributed by atoms with E-state index in [-0.39, 0.29) is 0 Å². The molecule has 0 aliphatic carbocycles. The summed E-state index contributed by atoms with van der Waals surface area (Å²) in [5.74, 6) is 0. The average Bonchev–Trinajstić information content (AvgIpc) is 3.09.